The van der Waals surface area contributed by atoms with Crippen LogP contribution in [-0.4, -0.2) is 0 Å². The van der Waals surface area contributed by atoms with E-state index in [0.717, 1.165) is 16.5 Å². The summed E-state index contributed by atoms with van der Waals surface area (Å²) < 4.78 is 0. The number of anilines is 1. The van der Waals surface area contributed by atoms with E-state index in [1.165, 1.54) is 16.0 Å². The summed E-state index contributed by atoms with van der Waals surface area (Å²) in [6.45, 7) is 2.06. The predicted molar refractivity (Wildman–Crippen MR) is 76.6 cm³/mol. The summed E-state index contributed by atoms with van der Waals surface area (Å²) in [5, 5.41) is 0.777. The van der Waals surface area contributed by atoms with Crippen LogP contribution in [0.2, 0.25) is 5.02 Å². The van der Waals surface area contributed by atoms with Gasteiger partial charge in [-0.2, -0.15) is 0 Å². The smallest absolute Gasteiger partial charge is 0.0417 e. The third-order valence-electron chi connectivity index (χ3n) is 2.68. The van der Waals surface area contributed by atoms with Crippen LogP contribution in [-0.2, 0) is 5.75 Å². The number of rotatable bonds is 3. The Kier molecular flexibility index (Phi) is 3.97. The minimum Gasteiger partial charge on any atom is -0.399 e. The molecule has 0 atom stereocenters. The molecule has 17 heavy (non-hydrogen) atoms. The molecule has 0 aromatic heterocycles. The second kappa shape index (κ2) is 5.48. The van der Waals surface area contributed by atoms with Crippen molar-refractivity contribution in [3.8, 4) is 0 Å². The Morgan fingerprint density at radius 2 is 1.94 bits per heavy atom. The molecule has 0 aliphatic carbocycles. The highest BCUT2D eigenvalue weighted by Crippen LogP contribution is 2.27. The zero-order chi connectivity index (χ0) is 12.3. The van der Waals surface area contributed by atoms with Crippen LogP contribution in [0.5, 0.6) is 0 Å². The van der Waals surface area contributed by atoms with E-state index >= 15 is 0 Å². The highest BCUT2D eigenvalue weighted by molar-refractivity contribution is 7.98. The summed E-state index contributed by atoms with van der Waals surface area (Å²) in [5.41, 5.74) is 9.18. The minimum atomic E-state index is 0.777. The lowest BCUT2D eigenvalue weighted by molar-refractivity contribution is 1.30. The van der Waals surface area contributed by atoms with Crippen molar-refractivity contribution >= 4 is 29.1 Å². The average Bonchev–Trinajstić information content (AvgIpc) is 2.31. The van der Waals surface area contributed by atoms with Crippen LogP contribution >= 0.6 is 23.4 Å². The first-order valence-electron chi connectivity index (χ1n) is 5.39. The summed E-state index contributed by atoms with van der Waals surface area (Å²) in [4.78, 5) is 1.18. The van der Waals surface area contributed by atoms with Gasteiger partial charge in [0, 0.05) is 21.4 Å². The molecule has 0 unspecified atom stereocenters. The Labute approximate surface area is 111 Å². The lowest BCUT2D eigenvalue weighted by atomic mass is 10.1. The van der Waals surface area contributed by atoms with Gasteiger partial charge in [0.15, 0.2) is 0 Å². The van der Waals surface area contributed by atoms with Crippen LogP contribution in [0.15, 0.2) is 47.4 Å². The van der Waals surface area contributed by atoms with Gasteiger partial charge in [0.25, 0.3) is 0 Å². The second-order valence-corrected chi connectivity index (χ2v) is 5.36. The molecule has 2 rings (SSSR count). The molecule has 0 saturated heterocycles. The van der Waals surface area contributed by atoms with Gasteiger partial charge < -0.3 is 5.73 Å². The summed E-state index contributed by atoms with van der Waals surface area (Å²) in [6.07, 6.45) is 0. The van der Waals surface area contributed by atoms with Gasteiger partial charge in [-0.25, -0.2) is 0 Å². The van der Waals surface area contributed by atoms with Gasteiger partial charge in [-0.05, 0) is 42.3 Å². The molecule has 0 bridgehead atoms. The zero-order valence-corrected chi connectivity index (χ0v) is 11.2. The Morgan fingerprint density at radius 3 is 2.71 bits per heavy atom. The molecule has 0 heterocycles. The maximum absolute atomic E-state index is 5.95. The fourth-order valence-electron chi connectivity index (χ4n) is 1.58. The molecule has 2 N–H and O–H groups in total. The molecule has 0 fully saturated rings. The van der Waals surface area contributed by atoms with E-state index in [2.05, 4.69) is 19.1 Å². The largest absolute Gasteiger partial charge is 0.399 e. The van der Waals surface area contributed by atoms with Crippen LogP contribution in [0.25, 0.3) is 0 Å². The molecule has 1 nitrogen and oxygen atoms in total. The standard InChI is InChI=1S/C14H14ClNS/c1-10-11(4-2-7-14(10)16)9-17-13-6-3-5-12(15)8-13/h2-8H,9,16H2,1H3. The predicted octanol–water partition coefficient (Wildman–Crippen LogP) is 4.52. The first-order chi connectivity index (χ1) is 8.16. The topological polar surface area (TPSA) is 26.0 Å². The van der Waals surface area contributed by atoms with Crippen LogP contribution in [0.4, 0.5) is 5.69 Å². The van der Waals surface area contributed by atoms with Crippen molar-refractivity contribution in [2.75, 3.05) is 5.73 Å². The van der Waals surface area contributed by atoms with Crippen molar-refractivity contribution in [3.63, 3.8) is 0 Å². The molecule has 0 aliphatic heterocycles. The average molecular weight is 264 g/mol. The minimum absolute atomic E-state index is 0.777. The molecular weight excluding hydrogens is 250 g/mol. The molecule has 2 aromatic carbocycles. The van der Waals surface area contributed by atoms with Crippen molar-refractivity contribution in [2.24, 2.45) is 0 Å². The van der Waals surface area contributed by atoms with Crippen LogP contribution < -0.4 is 5.73 Å². The Morgan fingerprint density at radius 1 is 1.18 bits per heavy atom. The monoisotopic (exact) mass is 263 g/mol. The van der Waals surface area contributed by atoms with E-state index in [0.29, 0.717) is 0 Å². The van der Waals surface area contributed by atoms with Crippen molar-refractivity contribution < 1.29 is 0 Å². The quantitative estimate of drug-likeness (QED) is 0.651. The highest BCUT2D eigenvalue weighted by Gasteiger charge is 2.02. The molecule has 3 heteroatoms. The van der Waals surface area contributed by atoms with Gasteiger partial charge >= 0.3 is 0 Å². The van der Waals surface area contributed by atoms with Gasteiger partial charge in [-0.1, -0.05) is 29.8 Å². The molecule has 2 aromatic rings. The van der Waals surface area contributed by atoms with Gasteiger partial charge in [-0.3, -0.25) is 0 Å². The molecular formula is C14H14ClNS. The van der Waals surface area contributed by atoms with E-state index in [1.54, 1.807) is 11.8 Å². The van der Waals surface area contributed by atoms with Crippen LogP contribution in [0, 0.1) is 6.92 Å². The van der Waals surface area contributed by atoms with Crippen LogP contribution in [0.1, 0.15) is 11.1 Å². The molecule has 0 saturated carbocycles. The van der Waals surface area contributed by atoms with E-state index in [4.69, 9.17) is 17.3 Å². The Balaban J connectivity index is 2.10. The molecule has 0 amide bonds. The van der Waals surface area contributed by atoms with E-state index in [1.807, 2.05) is 30.3 Å². The fraction of sp³-hybridized carbons (Fsp3) is 0.143. The third-order valence-corrected chi connectivity index (χ3v) is 3.96. The fourth-order valence-corrected chi connectivity index (χ4v) is 2.85. The van der Waals surface area contributed by atoms with Gasteiger partial charge in [0.1, 0.15) is 0 Å². The van der Waals surface area contributed by atoms with Gasteiger partial charge in [-0.15, -0.1) is 11.8 Å². The number of benzene rings is 2. The lowest BCUT2D eigenvalue weighted by Crippen LogP contribution is -1.93. The van der Waals surface area contributed by atoms with Crippen molar-refractivity contribution in [1.29, 1.82) is 0 Å². The van der Waals surface area contributed by atoms with E-state index in [9.17, 15) is 0 Å². The molecule has 0 spiro atoms. The maximum Gasteiger partial charge on any atom is 0.0417 e. The normalized spacial score (nSPS) is 10.5. The summed E-state index contributed by atoms with van der Waals surface area (Å²) in [6, 6.07) is 13.9. The van der Waals surface area contributed by atoms with Gasteiger partial charge in [0.2, 0.25) is 0 Å². The van der Waals surface area contributed by atoms with Crippen molar-refractivity contribution in [2.45, 2.75) is 17.6 Å². The van der Waals surface area contributed by atoms with E-state index < -0.39 is 0 Å². The number of nitrogen functional groups attached to an aromatic ring is 1. The van der Waals surface area contributed by atoms with Crippen LogP contribution in [0.3, 0.4) is 0 Å². The Hall–Kier alpha value is -1.12. The van der Waals surface area contributed by atoms with Crippen molar-refractivity contribution in [1.82, 2.24) is 0 Å². The number of thioether (sulfide) groups is 1. The number of halogens is 1. The number of hydrogen-bond donors (Lipinski definition) is 1. The highest BCUT2D eigenvalue weighted by atomic mass is 35.5. The lowest BCUT2D eigenvalue weighted by Gasteiger charge is -2.08. The first kappa shape index (κ1) is 12.3. The maximum atomic E-state index is 5.95. The van der Waals surface area contributed by atoms with E-state index in [-0.39, 0.29) is 0 Å². The number of nitrogens with two attached hydrogens (primary N) is 1. The third kappa shape index (κ3) is 3.18. The molecule has 88 valence electrons. The molecule has 0 radical (unpaired) electrons. The SMILES string of the molecule is Cc1c(N)cccc1CSc1cccc(Cl)c1. The first-order valence-corrected chi connectivity index (χ1v) is 6.75. The summed E-state index contributed by atoms with van der Waals surface area (Å²) >= 11 is 7.72. The van der Waals surface area contributed by atoms with Crippen molar-refractivity contribution in [3.05, 3.63) is 58.6 Å². The molecule has 0 aliphatic rings. The van der Waals surface area contributed by atoms with Gasteiger partial charge in [0.05, 0.1) is 0 Å². The summed E-state index contributed by atoms with van der Waals surface area (Å²) in [7, 11) is 0. The summed E-state index contributed by atoms with van der Waals surface area (Å²) in [5.74, 6) is 0.914. The zero-order valence-electron chi connectivity index (χ0n) is 9.61. The Bertz CT molecular complexity index is 525. The second-order valence-electron chi connectivity index (χ2n) is 3.88. The number of hydrogen-bond acceptors (Lipinski definition) is 2.